The number of ether oxygens (including phenoxy) is 1. The van der Waals surface area contributed by atoms with E-state index in [0.717, 1.165) is 46.1 Å². The Kier molecular flexibility index (Phi) is 4.33. The molecule has 1 aliphatic carbocycles. The molecule has 0 bridgehead atoms. The maximum Gasteiger partial charge on any atom is 0.267 e. The number of thiophene rings is 1. The van der Waals surface area contributed by atoms with Gasteiger partial charge in [0, 0.05) is 4.88 Å². The van der Waals surface area contributed by atoms with E-state index in [1.54, 1.807) is 23.0 Å². The molecule has 25 heavy (non-hydrogen) atoms. The minimum atomic E-state index is 0.0477. The quantitative estimate of drug-likeness (QED) is 0.508. The van der Waals surface area contributed by atoms with Gasteiger partial charge in [-0.15, -0.1) is 11.3 Å². The summed E-state index contributed by atoms with van der Waals surface area (Å²) < 4.78 is 6.96. The molecule has 1 unspecified atom stereocenters. The van der Waals surface area contributed by atoms with E-state index < -0.39 is 0 Å². The van der Waals surface area contributed by atoms with Gasteiger partial charge in [-0.2, -0.15) is 0 Å². The molecule has 4 nitrogen and oxygen atoms in total. The van der Waals surface area contributed by atoms with Gasteiger partial charge in [0.15, 0.2) is 5.16 Å². The van der Waals surface area contributed by atoms with E-state index in [4.69, 9.17) is 9.72 Å². The first-order valence-electron chi connectivity index (χ1n) is 8.38. The molecule has 0 saturated carbocycles. The van der Waals surface area contributed by atoms with Gasteiger partial charge >= 0.3 is 0 Å². The van der Waals surface area contributed by atoms with E-state index in [9.17, 15) is 4.79 Å². The fourth-order valence-corrected chi connectivity index (χ4v) is 5.45. The van der Waals surface area contributed by atoms with Gasteiger partial charge in [0.25, 0.3) is 5.56 Å². The van der Waals surface area contributed by atoms with Crippen LogP contribution < -0.4 is 10.3 Å². The van der Waals surface area contributed by atoms with Crippen molar-refractivity contribution in [2.24, 2.45) is 5.92 Å². The third-order valence-electron chi connectivity index (χ3n) is 4.81. The molecule has 6 heteroatoms. The Morgan fingerprint density at radius 2 is 2.08 bits per heavy atom. The van der Waals surface area contributed by atoms with Gasteiger partial charge in [-0.1, -0.05) is 18.7 Å². The van der Waals surface area contributed by atoms with Crippen LogP contribution in [0.15, 0.2) is 34.2 Å². The summed E-state index contributed by atoms with van der Waals surface area (Å²) in [4.78, 5) is 20.4. The second-order valence-corrected chi connectivity index (χ2v) is 8.33. The first kappa shape index (κ1) is 16.7. The van der Waals surface area contributed by atoms with E-state index in [0.29, 0.717) is 5.92 Å². The zero-order chi connectivity index (χ0) is 17.6. The van der Waals surface area contributed by atoms with Crippen molar-refractivity contribution in [2.75, 3.05) is 13.4 Å². The van der Waals surface area contributed by atoms with Crippen molar-refractivity contribution in [3.8, 4) is 11.4 Å². The van der Waals surface area contributed by atoms with Crippen molar-refractivity contribution in [1.82, 2.24) is 9.55 Å². The molecule has 130 valence electrons. The van der Waals surface area contributed by atoms with Crippen LogP contribution in [0.4, 0.5) is 0 Å². The summed E-state index contributed by atoms with van der Waals surface area (Å²) in [6, 6.07) is 7.57. The molecule has 1 aromatic carbocycles. The molecular weight excluding hydrogens is 352 g/mol. The molecule has 1 atom stereocenters. The number of hydrogen-bond acceptors (Lipinski definition) is 5. The van der Waals surface area contributed by atoms with E-state index in [-0.39, 0.29) is 5.56 Å². The van der Waals surface area contributed by atoms with E-state index >= 15 is 0 Å². The summed E-state index contributed by atoms with van der Waals surface area (Å²) in [7, 11) is 1.64. The molecule has 0 aliphatic heterocycles. The Morgan fingerprint density at radius 3 is 2.76 bits per heavy atom. The number of aromatic nitrogens is 2. The lowest BCUT2D eigenvalue weighted by molar-refractivity contribution is 0.414. The number of thioether (sulfide) groups is 1. The number of fused-ring (bicyclic) bond motifs is 3. The van der Waals surface area contributed by atoms with Crippen molar-refractivity contribution < 1.29 is 4.74 Å². The van der Waals surface area contributed by atoms with Gasteiger partial charge in [-0.3, -0.25) is 9.36 Å². The Balaban J connectivity index is 1.97. The minimum Gasteiger partial charge on any atom is -0.497 e. The van der Waals surface area contributed by atoms with Crippen LogP contribution in [0.25, 0.3) is 15.9 Å². The van der Waals surface area contributed by atoms with Crippen LogP contribution in [-0.4, -0.2) is 22.9 Å². The maximum atomic E-state index is 13.4. The number of methoxy groups -OCH3 is 1. The molecule has 3 aromatic rings. The van der Waals surface area contributed by atoms with Crippen LogP contribution in [0.5, 0.6) is 5.75 Å². The Hall–Kier alpha value is -1.79. The lowest BCUT2D eigenvalue weighted by Gasteiger charge is -2.17. The fraction of sp³-hybridized carbons (Fsp3) is 0.368. The summed E-state index contributed by atoms with van der Waals surface area (Å²) in [6.07, 6.45) is 5.15. The van der Waals surface area contributed by atoms with Gasteiger partial charge in [-0.05, 0) is 61.3 Å². The lowest BCUT2D eigenvalue weighted by atomic mass is 9.89. The van der Waals surface area contributed by atoms with Crippen molar-refractivity contribution in [3.63, 3.8) is 0 Å². The van der Waals surface area contributed by atoms with Crippen molar-refractivity contribution >= 4 is 33.3 Å². The summed E-state index contributed by atoms with van der Waals surface area (Å²) in [5, 5.41) is 1.55. The zero-order valence-electron chi connectivity index (χ0n) is 14.5. The summed E-state index contributed by atoms with van der Waals surface area (Å²) in [5.74, 6) is 1.46. The molecule has 0 saturated heterocycles. The molecule has 2 aromatic heterocycles. The standard InChI is InChI=1S/C19H20N2O2S2/c1-11-4-9-14-15(10-11)25-17-16(14)18(22)21(19(20-17)24-3)12-5-7-13(23-2)8-6-12/h5-8,11H,4,9-10H2,1-3H3. The fourth-order valence-electron chi connectivity index (χ4n) is 3.47. The van der Waals surface area contributed by atoms with E-state index in [1.165, 1.54) is 22.2 Å². The summed E-state index contributed by atoms with van der Waals surface area (Å²) >= 11 is 3.20. The first-order chi connectivity index (χ1) is 12.1. The van der Waals surface area contributed by atoms with Crippen LogP contribution in [0.3, 0.4) is 0 Å². The number of benzene rings is 1. The lowest BCUT2D eigenvalue weighted by Crippen LogP contribution is -2.22. The van der Waals surface area contributed by atoms with Gasteiger partial charge in [0.1, 0.15) is 10.6 Å². The van der Waals surface area contributed by atoms with Crippen molar-refractivity contribution in [2.45, 2.75) is 31.3 Å². The molecule has 2 heterocycles. The van der Waals surface area contributed by atoms with Gasteiger partial charge in [-0.25, -0.2) is 4.98 Å². The molecule has 0 spiro atoms. The van der Waals surface area contributed by atoms with Gasteiger partial charge in [0.2, 0.25) is 0 Å². The van der Waals surface area contributed by atoms with Crippen LogP contribution >= 0.6 is 23.1 Å². The van der Waals surface area contributed by atoms with E-state index in [1.807, 2.05) is 30.5 Å². The van der Waals surface area contributed by atoms with Crippen LogP contribution in [0.1, 0.15) is 23.8 Å². The molecule has 0 fully saturated rings. The molecule has 0 radical (unpaired) electrons. The minimum absolute atomic E-state index is 0.0477. The maximum absolute atomic E-state index is 13.4. The van der Waals surface area contributed by atoms with Crippen molar-refractivity contribution in [1.29, 1.82) is 0 Å². The van der Waals surface area contributed by atoms with Crippen LogP contribution in [0, 0.1) is 5.92 Å². The Morgan fingerprint density at radius 1 is 1.32 bits per heavy atom. The number of rotatable bonds is 3. The number of aryl methyl sites for hydroxylation is 1. The number of hydrogen-bond donors (Lipinski definition) is 0. The molecule has 1 aliphatic rings. The average molecular weight is 373 g/mol. The Labute approximate surface area is 154 Å². The topological polar surface area (TPSA) is 44.1 Å². The van der Waals surface area contributed by atoms with Crippen molar-refractivity contribution in [3.05, 3.63) is 45.1 Å². The van der Waals surface area contributed by atoms with Crippen LogP contribution in [-0.2, 0) is 12.8 Å². The predicted octanol–water partition coefficient (Wildman–Crippen LogP) is 4.30. The highest BCUT2D eigenvalue weighted by Gasteiger charge is 2.24. The number of nitrogens with zero attached hydrogens (tertiary/aromatic N) is 2. The predicted molar refractivity (Wildman–Crippen MR) is 105 cm³/mol. The summed E-state index contributed by atoms with van der Waals surface area (Å²) in [5.41, 5.74) is 2.10. The third kappa shape index (κ3) is 2.77. The smallest absolute Gasteiger partial charge is 0.267 e. The van der Waals surface area contributed by atoms with Gasteiger partial charge in [0.05, 0.1) is 18.2 Å². The van der Waals surface area contributed by atoms with Gasteiger partial charge < -0.3 is 4.74 Å². The highest BCUT2D eigenvalue weighted by Crippen LogP contribution is 2.36. The zero-order valence-corrected chi connectivity index (χ0v) is 16.2. The second kappa shape index (κ2) is 6.50. The highest BCUT2D eigenvalue weighted by molar-refractivity contribution is 7.98. The summed E-state index contributed by atoms with van der Waals surface area (Å²) in [6.45, 7) is 2.28. The average Bonchev–Trinajstić information content (AvgIpc) is 2.99. The molecule has 0 N–H and O–H groups in total. The first-order valence-corrected chi connectivity index (χ1v) is 10.4. The SMILES string of the molecule is COc1ccc(-n2c(SC)nc3sc4c(c3c2=O)CCC(C)C4)cc1. The van der Waals surface area contributed by atoms with Crippen LogP contribution in [0.2, 0.25) is 0 Å². The normalized spacial score (nSPS) is 16.8. The monoisotopic (exact) mass is 372 g/mol. The largest absolute Gasteiger partial charge is 0.497 e. The Bertz CT molecular complexity index is 989. The van der Waals surface area contributed by atoms with E-state index in [2.05, 4.69) is 6.92 Å². The molecular formula is C19H20N2O2S2. The molecule has 0 amide bonds. The second-order valence-electron chi connectivity index (χ2n) is 6.47. The molecule has 4 rings (SSSR count). The highest BCUT2D eigenvalue weighted by atomic mass is 32.2. The third-order valence-corrected chi connectivity index (χ3v) is 6.60.